The zero-order valence-electron chi connectivity index (χ0n) is 15.9. The summed E-state index contributed by atoms with van der Waals surface area (Å²) in [6, 6.07) is 10.9. The standard InChI is InChI=1S/C21H23ClN2O4/c1-26-17-5-7-20(27-2)15(13-17)3-8-21(25)23-18-14-16(22)4-6-19(18)24-9-11-28-12-10-24/h3-8,13-14H,9-12H2,1-2H3,(H,23,25)/b8-3+. The molecule has 3 rings (SSSR count). The highest BCUT2D eigenvalue weighted by molar-refractivity contribution is 6.31. The number of ether oxygens (including phenoxy) is 3. The van der Waals surface area contributed by atoms with Crippen LogP contribution in [0.5, 0.6) is 11.5 Å². The summed E-state index contributed by atoms with van der Waals surface area (Å²) in [6.07, 6.45) is 3.15. The van der Waals surface area contributed by atoms with Crippen LogP contribution in [-0.2, 0) is 9.53 Å². The van der Waals surface area contributed by atoms with Gasteiger partial charge in [0.2, 0.25) is 5.91 Å². The van der Waals surface area contributed by atoms with Gasteiger partial charge in [0.1, 0.15) is 11.5 Å². The highest BCUT2D eigenvalue weighted by Gasteiger charge is 2.16. The van der Waals surface area contributed by atoms with E-state index in [4.69, 9.17) is 25.8 Å². The Hall–Kier alpha value is -2.70. The van der Waals surface area contributed by atoms with Gasteiger partial charge in [0.05, 0.1) is 38.8 Å². The molecule has 148 valence electrons. The minimum absolute atomic E-state index is 0.262. The second-order valence-electron chi connectivity index (χ2n) is 6.19. The van der Waals surface area contributed by atoms with Crippen LogP contribution in [0.15, 0.2) is 42.5 Å². The molecule has 0 aromatic heterocycles. The van der Waals surface area contributed by atoms with Gasteiger partial charge in [-0.3, -0.25) is 4.79 Å². The van der Waals surface area contributed by atoms with Crippen molar-refractivity contribution >= 4 is 35.0 Å². The van der Waals surface area contributed by atoms with E-state index >= 15 is 0 Å². The van der Waals surface area contributed by atoms with Crippen molar-refractivity contribution in [1.82, 2.24) is 0 Å². The highest BCUT2D eigenvalue weighted by Crippen LogP contribution is 2.30. The Kier molecular flexibility index (Phi) is 6.79. The fourth-order valence-corrected chi connectivity index (χ4v) is 3.17. The molecule has 0 aliphatic carbocycles. The van der Waals surface area contributed by atoms with Gasteiger partial charge in [0.15, 0.2) is 0 Å². The molecule has 1 amide bonds. The monoisotopic (exact) mass is 402 g/mol. The average molecular weight is 403 g/mol. The maximum Gasteiger partial charge on any atom is 0.248 e. The molecule has 0 radical (unpaired) electrons. The van der Waals surface area contributed by atoms with Crippen LogP contribution in [0.2, 0.25) is 5.02 Å². The van der Waals surface area contributed by atoms with Gasteiger partial charge in [-0.1, -0.05) is 11.6 Å². The van der Waals surface area contributed by atoms with E-state index in [9.17, 15) is 4.79 Å². The maximum absolute atomic E-state index is 12.5. The van der Waals surface area contributed by atoms with E-state index in [2.05, 4.69) is 10.2 Å². The molecule has 0 spiro atoms. The van der Waals surface area contributed by atoms with E-state index < -0.39 is 0 Å². The number of hydrogen-bond acceptors (Lipinski definition) is 5. The lowest BCUT2D eigenvalue weighted by atomic mass is 10.1. The molecule has 2 aromatic carbocycles. The largest absolute Gasteiger partial charge is 0.497 e. The molecule has 0 unspecified atom stereocenters. The number of nitrogens with one attached hydrogen (secondary N) is 1. The van der Waals surface area contributed by atoms with Crippen molar-refractivity contribution < 1.29 is 19.0 Å². The number of anilines is 2. The molecule has 2 aromatic rings. The van der Waals surface area contributed by atoms with Gasteiger partial charge in [0.25, 0.3) is 0 Å². The Morgan fingerprint density at radius 2 is 1.93 bits per heavy atom. The first-order valence-corrected chi connectivity index (χ1v) is 9.32. The van der Waals surface area contributed by atoms with Crippen LogP contribution in [0.4, 0.5) is 11.4 Å². The van der Waals surface area contributed by atoms with Gasteiger partial charge in [-0.2, -0.15) is 0 Å². The van der Waals surface area contributed by atoms with Crippen molar-refractivity contribution in [3.8, 4) is 11.5 Å². The fourth-order valence-electron chi connectivity index (χ4n) is 3.00. The number of amides is 1. The molecule has 6 nitrogen and oxygen atoms in total. The Bertz CT molecular complexity index is 863. The topological polar surface area (TPSA) is 60.0 Å². The maximum atomic E-state index is 12.5. The number of carbonyl (C=O) groups is 1. The first-order valence-electron chi connectivity index (χ1n) is 8.94. The molecule has 7 heteroatoms. The third-order valence-electron chi connectivity index (χ3n) is 4.42. The van der Waals surface area contributed by atoms with Crippen molar-refractivity contribution in [1.29, 1.82) is 0 Å². The number of morpholine rings is 1. The van der Waals surface area contributed by atoms with Crippen LogP contribution in [0, 0.1) is 0 Å². The summed E-state index contributed by atoms with van der Waals surface area (Å²) in [5.41, 5.74) is 2.34. The molecule has 1 aliphatic heterocycles. The third-order valence-corrected chi connectivity index (χ3v) is 4.65. The SMILES string of the molecule is COc1ccc(OC)c(/C=C/C(=O)Nc2cc(Cl)ccc2N2CCOCC2)c1. The van der Waals surface area contributed by atoms with Crippen LogP contribution < -0.4 is 19.7 Å². The quantitative estimate of drug-likeness (QED) is 0.744. The summed E-state index contributed by atoms with van der Waals surface area (Å²) in [5, 5.41) is 3.48. The molecule has 0 saturated carbocycles. The van der Waals surface area contributed by atoms with Crippen LogP contribution in [-0.4, -0.2) is 46.4 Å². The van der Waals surface area contributed by atoms with Crippen molar-refractivity contribution in [2.45, 2.75) is 0 Å². The molecular weight excluding hydrogens is 380 g/mol. The Morgan fingerprint density at radius 3 is 2.64 bits per heavy atom. The first kappa shape index (κ1) is 20.0. The molecule has 0 atom stereocenters. The van der Waals surface area contributed by atoms with Gasteiger partial charge in [-0.15, -0.1) is 0 Å². The van der Waals surface area contributed by atoms with Crippen LogP contribution in [0.25, 0.3) is 6.08 Å². The number of carbonyl (C=O) groups excluding carboxylic acids is 1. The Labute approximate surface area is 169 Å². The summed E-state index contributed by atoms with van der Waals surface area (Å²) in [6.45, 7) is 2.85. The smallest absolute Gasteiger partial charge is 0.248 e. The number of rotatable bonds is 6. The number of hydrogen-bond donors (Lipinski definition) is 1. The predicted molar refractivity (Wildman–Crippen MR) is 112 cm³/mol. The lowest BCUT2D eigenvalue weighted by Crippen LogP contribution is -2.36. The normalized spacial score (nSPS) is 14.2. The van der Waals surface area contributed by atoms with Gasteiger partial charge in [0, 0.05) is 29.8 Å². The Balaban J connectivity index is 1.78. The van der Waals surface area contributed by atoms with Gasteiger partial charge in [-0.05, 0) is 42.5 Å². The summed E-state index contributed by atoms with van der Waals surface area (Å²) < 4.78 is 16.0. The molecule has 1 fully saturated rings. The van der Waals surface area contributed by atoms with Gasteiger partial charge < -0.3 is 24.4 Å². The lowest BCUT2D eigenvalue weighted by molar-refractivity contribution is -0.111. The fraction of sp³-hybridized carbons (Fsp3) is 0.286. The highest BCUT2D eigenvalue weighted by atomic mass is 35.5. The van der Waals surface area contributed by atoms with Gasteiger partial charge in [-0.25, -0.2) is 0 Å². The predicted octanol–water partition coefficient (Wildman–Crippen LogP) is 3.85. The van der Waals surface area contributed by atoms with E-state index in [1.54, 1.807) is 44.6 Å². The van der Waals surface area contributed by atoms with E-state index in [1.807, 2.05) is 12.1 Å². The Morgan fingerprint density at radius 1 is 1.14 bits per heavy atom. The lowest BCUT2D eigenvalue weighted by Gasteiger charge is -2.30. The summed E-state index contributed by atoms with van der Waals surface area (Å²) in [4.78, 5) is 14.7. The van der Waals surface area contributed by atoms with Crippen molar-refractivity contribution in [2.75, 3.05) is 50.7 Å². The molecule has 28 heavy (non-hydrogen) atoms. The van der Waals surface area contributed by atoms with E-state index in [0.717, 1.165) is 24.3 Å². The van der Waals surface area contributed by atoms with E-state index in [0.29, 0.717) is 35.4 Å². The summed E-state index contributed by atoms with van der Waals surface area (Å²) in [5.74, 6) is 1.08. The van der Waals surface area contributed by atoms with Crippen LogP contribution >= 0.6 is 11.6 Å². The molecular formula is C21H23ClN2O4. The zero-order chi connectivity index (χ0) is 19.9. The van der Waals surface area contributed by atoms with E-state index in [-0.39, 0.29) is 5.91 Å². The number of halogens is 1. The number of methoxy groups -OCH3 is 2. The number of benzene rings is 2. The molecule has 1 heterocycles. The van der Waals surface area contributed by atoms with E-state index in [1.165, 1.54) is 6.08 Å². The first-order chi connectivity index (χ1) is 13.6. The molecule has 1 aliphatic rings. The molecule has 0 bridgehead atoms. The molecule has 1 saturated heterocycles. The number of nitrogens with zero attached hydrogens (tertiary/aromatic N) is 1. The van der Waals surface area contributed by atoms with Crippen molar-refractivity contribution in [2.24, 2.45) is 0 Å². The van der Waals surface area contributed by atoms with Crippen molar-refractivity contribution in [3.63, 3.8) is 0 Å². The second kappa shape index (κ2) is 9.48. The minimum atomic E-state index is -0.262. The second-order valence-corrected chi connectivity index (χ2v) is 6.63. The van der Waals surface area contributed by atoms with Gasteiger partial charge >= 0.3 is 0 Å². The average Bonchev–Trinajstić information content (AvgIpc) is 2.72. The summed E-state index contributed by atoms with van der Waals surface area (Å²) in [7, 11) is 3.17. The zero-order valence-corrected chi connectivity index (χ0v) is 16.7. The molecule has 1 N–H and O–H groups in total. The van der Waals surface area contributed by atoms with Crippen LogP contribution in [0.1, 0.15) is 5.56 Å². The van der Waals surface area contributed by atoms with Crippen molar-refractivity contribution in [3.05, 3.63) is 53.1 Å². The van der Waals surface area contributed by atoms with Crippen LogP contribution in [0.3, 0.4) is 0 Å². The minimum Gasteiger partial charge on any atom is -0.497 e. The third kappa shape index (κ3) is 4.97. The summed E-state index contributed by atoms with van der Waals surface area (Å²) >= 11 is 6.14.